The first-order chi connectivity index (χ1) is 7.56. The van der Waals surface area contributed by atoms with Crippen molar-refractivity contribution in [1.82, 2.24) is 0 Å². The van der Waals surface area contributed by atoms with Crippen LogP contribution in [0.3, 0.4) is 0 Å². The summed E-state index contributed by atoms with van der Waals surface area (Å²) in [7, 11) is 0. The lowest BCUT2D eigenvalue weighted by Crippen LogP contribution is -2.41. The van der Waals surface area contributed by atoms with Crippen molar-refractivity contribution in [2.24, 2.45) is 5.73 Å². The van der Waals surface area contributed by atoms with E-state index in [-0.39, 0.29) is 17.3 Å². The first-order valence-corrected chi connectivity index (χ1v) is 6.57. The van der Waals surface area contributed by atoms with Crippen LogP contribution in [0.15, 0.2) is 22.7 Å². The van der Waals surface area contributed by atoms with Crippen molar-refractivity contribution in [3.8, 4) is 0 Å². The standard InChI is InChI=1S/C13H17BrFN/c1-9(16)13(6-2-3-7-13)11-8-10(14)4-5-12(11)15/h4-5,8-9H,2-3,6-7,16H2,1H3. The lowest BCUT2D eigenvalue weighted by molar-refractivity contribution is 0.353. The third kappa shape index (κ3) is 1.91. The fourth-order valence-corrected chi connectivity index (χ4v) is 3.22. The maximum atomic E-state index is 14.0. The van der Waals surface area contributed by atoms with Crippen LogP contribution in [-0.4, -0.2) is 6.04 Å². The smallest absolute Gasteiger partial charge is 0.127 e. The second-order valence-corrected chi connectivity index (χ2v) is 5.69. The summed E-state index contributed by atoms with van der Waals surface area (Å²) < 4.78 is 14.9. The Kier molecular flexibility index (Phi) is 3.36. The monoisotopic (exact) mass is 285 g/mol. The Bertz CT molecular complexity index is 384. The first-order valence-electron chi connectivity index (χ1n) is 5.77. The Labute approximate surface area is 104 Å². The topological polar surface area (TPSA) is 26.0 Å². The molecule has 0 aliphatic heterocycles. The third-order valence-corrected chi connectivity index (χ3v) is 4.33. The van der Waals surface area contributed by atoms with Crippen molar-refractivity contribution in [2.75, 3.05) is 0 Å². The number of hydrogen-bond acceptors (Lipinski definition) is 1. The zero-order valence-corrected chi connectivity index (χ0v) is 11.1. The van der Waals surface area contributed by atoms with E-state index in [0.717, 1.165) is 35.7 Å². The van der Waals surface area contributed by atoms with Crippen LogP contribution in [0.5, 0.6) is 0 Å². The predicted molar refractivity (Wildman–Crippen MR) is 67.9 cm³/mol. The Balaban J connectivity index is 2.50. The van der Waals surface area contributed by atoms with Gasteiger partial charge in [0.1, 0.15) is 5.82 Å². The minimum Gasteiger partial charge on any atom is -0.327 e. The molecule has 0 saturated heterocycles. The molecule has 0 bridgehead atoms. The summed E-state index contributed by atoms with van der Waals surface area (Å²) in [5.74, 6) is -0.123. The molecule has 2 N–H and O–H groups in total. The first kappa shape index (κ1) is 12.1. The molecule has 0 spiro atoms. The van der Waals surface area contributed by atoms with Gasteiger partial charge in [0.05, 0.1) is 0 Å². The number of nitrogens with two attached hydrogens (primary N) is 1. The normalized spacial score (nSPS) is 21.0. The summed E-state index contributed by atoms with van der Waals surface area (Å²) in [5.41, 5.74) is 6.73. The molecule has 0 heterocycles. The van der Waals surface area contributed by atoms with Crippen LogP contribution in [0.4, 0.5) is 4.39 Å². The number of rotatable bonds is 2. The second-order valence-electron chi connectivity index (χ2n) is 4.78. The Hall–Kier alpha value is -0.410. The largest absolute Gasteiger partial charge is 0.327 e. The molecule has 1 aromatic carbocycles. The number of benzene rings is 1. The van der Waals surface area contributed by atoms with Gasteiger partial charge < -0.3 is 5.73 Å². The molecule has 16 heavy (non-hydrogen) atoms. The SMILES string of the molecule is CC(N)C1(c2cc(Br)ccc2F)CCCC1. The molecule has 0 aromatic heterocycles. The van der Waals surface area contributed by atoms with E-state index in [0.29, 0.717) is 0 Å². The minimum absolute atomic E-state index is 0.00111. The molecule has 0 radical (unpaired) electrons. The van der Waals surface area contributed by atoms with E-state index in [1.54, 1.807) is 6.07 Å². The predicted octanol–water partition coefficient (Wildman–Crippen LogP) is 3.75. The van der Waals surface area contributed by atoms with Crippen molar-refractivity contribution >= 4 is 15.9 Å². The molecule has 1 fully saturated rings. The number of halogens is 2. The van der Waals surface area contributed by atoms with Crippen LogP contribution in [0.1, 0.15) is 38.2 Å². The van der Waals surface area contributed by atoms with Gasteiger partial charge >= 0.3 is 0 Å². The molecule has 3 heteroatoms. The van der Waals surface area contributed by atoms with E-state index in [2.05, 4.69) is 15.9 Å². The third-order valence-electron chi connectivity index (χ3n) is 3.83. The van der Waals surface area contributed by atoms with Gasteiger partial charge in [-0.05, 0) is 43.5 Å². The van der Waals surface area contributed by atoms with E-state index < -0.39 is 0 Å². The van der Waals surface area contributed by atoms with Gasteiger partial charge in [-0.3, -0.25) is 0 Å². The molecule has 1 aliphatic rings. The summed E-state index contributed by atoms with van der Waals surface area (Å²) in [6, 6.07) is 5.16. The van der Waals surface area contributed by atoms with Crippen LogP contribution >= 0.6 is 15.9 Å². The van der Waals surface area contributed by atoms with Crippen LogP contribution in [0.2, 0.25) is 0 Å². The minimum atomic E-state index is -0.159. The summed E-state index contributed by atoms with van der Waals surface area (Å²) in [4.78, 5) is 0. The maximum Gasteiger partial charge on any atom is 0.127 e. The summed E-state index contributed by atoms with van der Waals surface area (Å²) in [5, 5.41) is 0. The Morgan fingerprint density at radius 1 is 1.38 bits per heavy atom. The van der Waals surface area contributed by atoms with E-state index in [4.69, 9.17) is 5.73 Å². The summed E-state index contributed by atoms with van der Waals surface area (Å²) >= 11 is 3.41. The van der Waals surface area contributed by atoms with Gasteiger partial charge in [0.15, 0.2) is 0 Å². The molecular weight excluding hydrogens is 269 g/mol. The lowest BCUT2D eigenvalue weighted by Gasteiger charge is -2.34. The van der Waals surface area contributed by atoms with Gasteiger partial charge in [0.25, 0.3) is 0 Å². The molecule has 88 valence electrons. The second kappa shape index (κ2) is 4.46. The molecule has 1 aromatic rings. The van der Waals surface area contributed by atoms with Crippen LogP contribution in [0.25, 0.3) is 0 Å². The van der Waals surface area contributed by atoms with Crippen molar-refractivity contribution in [3.63, 3.8) is 0 Å². The molecule has 0 amide bonds. The molecule has 1 atom stereocenters. The number of hydrogen-bond donors (Lipinski definition) is 1. The van der Waals surface area contributed by atoms with Crippen molar-refractivity contribution in [1.29, 1.82) is 0 Å². The van der Waals surface area contributed by atoms with Crippen molar-refractivity contribution in [2.45, 2.75) is 44.1 Å². The molecule has 1 unspecified atom stereocenters. The lowest BCUT2D eigenvalue weighted by atomic mass is 9.73. The highest BCUT2D eigenvalue weighted by Crippen LogP contribution is 2.44. The van der Waals surface area contributed by atoms with E-state index >= 15 is 0 Å². The van der Waals surface area contributed by atoms with Gasteiger partial charge in [-0.25, -0.2) is 4.39 Å². The van der Waals surface area contributed by atoms with Crippen LogP contribution in [-0.2, 0) is 5.41 Å². The highest BCUT2D eigenvalue weighted by atomic mass is 79.9. The van der Waals surface area contributed by atoms with Crippen molar-refractivity contribution in [3.05, 3.63) is 34.1 Å². The summed E-state index contributed by atoms with van der Waals surface area (Å²) in [6.45, 7) is 1.99. The maximum absolute atomic E-state index is 14.0. The van der Waals surface area contributed by atoms with E-state index in [1.165, 1.54) is 6.07 Å². The van der Waals surface area contributed by atoms with Crippen LogP contribution < -0.4 is 5.73 Å². The van der Waals surface area contributed by atoms with Gasteiger partial charge in [-0.15, -0.1) is 0 Å². The molecule has 1 saturated carbocycles. The van der Waals surface area contributed by atoms with Gasteiger partial charge in [0.2, 0.25) is 0 Å². The van der Waals surface area contributed by atoms with E-state index in [1.807, 2.05) is 13.0 Å². The molecule has 1 nitrogen and oxygen atoms in total. The Morgan fingerprint density at radius 3 is 2.56 bits per heavy atom. The highest BCUT2D eigenvalue weighted by Gasteiger charge is 2.40. The zero-order valence-electron chi connectivity index (χ0n) is 9.47. The fourth-order valence-electron chi connectivity index (χ4n) is 2.85. The van der Waals surface area contributed by atoms with E-state index in [9.17, 15) is 4.39 Å². The Morgan fingerprint density at radius 2 is 2.00 bits per heavy atom. The zero-order chi connectivity index (χ0) is 11.8. The fraction of sp³-hybridized carbons (Fsp3) is 0.538. The quantitative estimate of drug-likeness (QED) is 0.880. The van der Waals surface area contributed by atoms with Gasteiger partial charge in [-0.1, -0.05) is 28.8 Å². The van der Waals surface area contributed by atoms with Crippen molar-refractivity contribution < 1.29 is 4.39 Å². The molecule has 1 aliphatic carbocycles. The summed E-state index contributed by atoms with van der Waals surface area (Å²) in [6.07, 6.45) is 4.29. The average Bonchev–Trinajstić information content (AvgIpc) is 2.71. The van der Waals surface area contributed by atoms with Gasteiger partial charge in [0, 0.05) is 15.9 Å². The average molecular weight is 286 g/mol. The molecule has 2 rings (SSSR count). The van der Waals surface area contributed by atoms with Gasteiger partial charge in [-0.2, -0.15) is 0 Å². The highest BCUT2D eigenvalue weighted by molar-refractivity contribution is 9.10. The van der Waals surface area contributed by atoms with Crippen LogP contribution in [0, 0.1) is 5.82 Å². The molecular formula is C13H17BrFN.